The maximum absolute atomic E-state index is 13.1. The van der Waals surface area contributed by atoms with Crippen LogP contribution in [-0.2, 0) is 5.33 Å². The number of halogens is 3. The van der Waals surface area contributed by atoms with Gasteiger partial charge in [-0.25, -0.2) is 4.39 Å². The van der Waals surface area contributed by atoms with Gasteiger partial charge in [0.05, 0.1) is 3.57 Å². The van der Waals surface area contributed by atoms with Crippen molar-refractivity contribution in [2.24, 2.45) is 0 Å². The van der Waals surface area contributed by atoms with Crippen LogP contribution in [0.2, 0.25) is 0 Å². The standard InChI is InChI=1S/C13H9BrFIO/c14-8-9-7-10(15)5-6-12(9)17-13-4-2-1-3-11(13)16/h1-7H,8H2. The Balaban J connectivity index is 2.33. The SMILES string of the molecule is Fc1ccc(Oc2ccccc2I)c(CBr)c1. The minimum absolute atomic E-state index is 0.255. The largest absolute Gasteiger partial charge is 0.456 e. The highest BCUT2D eigenvalue weighted by Crippen LogP contribution is 2.30. The maximum Gasteiger partial charge on any atom is 0.140 e. The summed E-state index contributed by atoms with van der Waals surface area (Å²) in [5, 5.41) is 0.559. The summed E-state index contributed by atoms with van der Waals surface area (Å²) >= 11 is 5.53. The highest BCUT2D eigenvalue weighted by Gasteiger charge is 2.07. The molecule has 0 N–H and O–H groups in total. The molecule has 88 valence electrons. The Bertz CT molecular complexity index is 531. The molecule has 0 aliphatic carbocycles. The zero-order valence-electron chi connectivity index (χ0n) is 8.79. The van der Waals surface area contributed by atoms with Crippen molar-refractivity contribution in [2.75, 3.05) is 0 Å². The summed E-state index contributed by atoms with van der Waals surface area (Å²) in [6, 6.07) is 12.2. The number of rotatable bonds is 3. The molecule has 0 radical (unpaired) electrons. The lowest BCUT2D eigenvalue weighted by Crippen LogP contribution is -1.92. The molecule has 2 aromatic rings. The van der Waals surface area contributed by atoms with E-state index in [0.29, 0.717) is 11.1 Å². The van der Waals surface area contributed by atoms with E-state index in [1.807, 2.05) is 24.3 Å². The first-order valence-corrected chi connectivity index (χ1v) is 7.17. The van der Waals surface area contributed by atoms with Gasteiger partial charge in [0.1, 0.15) is 17.3 Å². The van der Waals surface area contributed by atoms with E-state index >= 15 is 0 Å². The highest BCUT2D eigenvalue weighted by molar-refractivity contribution is 14.1. The summed E-state index contributed by atoms with van der Waals surface area (Å²) < 4.78 is 19.9. The van der Waals surface area contributed by atoms with E-state index in [2.05, 4.69) is 38.5 Å². The predicted molar refractivity (Wildman–Crippen MR) is 78.3 cm³/mol. The van der Waals surface area contributed by atoms with Crippen LogP contribution in [0.3, 0.4) is 0 Å². The molecule has 1 nitrogen and oxygen atoms in total. The lowest BCUT2D eigenvalue weighted by atomic mass is 10.2. The molecule has 0 heterocycles. The van der Waals surface area contributed by atoms with Gasteiger partial charge in [-0.2, -0.15) is 0 Å². The van der Waals surface area contributed by atoms with Crippen molar-refractivity contribution < 1.29 is 9.13 Å². The molecule has 0 spiro atoms. The fourth-order valence-corrected chi connectivity index (χ4v) is 2.33. The lowest BCUT2D eigenvalue weighted by molar-refractivity contribution is 0.473. The van der Waals surface area contributed by atoms with Crippen molar-refractivity contribution in [3.8, 4) is 11.5 Å². The van der Waals surface area contributed by atoms with Gasteiger partial charge in [0.25, 0.3) is 0 Å². The third-order valence-electron chi connectivity index (χ3n) is 2.22. The number of hydrogen-bond acceptors (Lipinski definition) is 1. The first-order chi connectivity index (χ1) is 8.20. The molecule has 17 heavy (non-hydrogen) atoms. The minimum Gasteiger partial charge on any atom is -0.456 e. The third-order valence-corrected chi connectivity index (χ3v) is 3.72. The molecule has 0 aliphatic heterocycles. The Morgan fingerprint density at radius 1 is 1.12 bits per heavy atom. The predicted octanol–water partition coefficient (Wildman–Crippen LogP) is 5.12. The van der Waals surface area contributed by atoms with Crippen LogP contribution in [-0.4, -0.2) is 0 Å². The van der Waals surface area contributed by atoms with Crippen LogP contribution in [0.1, 0.15) is 5.56 Å². The fraction of sp³-hybridized carbons (Fsp3) is 0.0769. The molecular formula is C13H9BrFIO. The number of ether oxygens (including phenoxy) is 1. The number of para-hydroxylation sites is 1. The van der Waals surface area contributed by atoms with Crippen LogP contribution in [0.4, 0.5) is 4.39 Å². The summed E-state index contributed by atoms with van der Waals surface area (Å²) in [5.74, 6) is 1.20. The number of benzene rings is 2. The van der Waals surface area contributed by atoms with Crippen LogP contribution < -0.4 is 4.74 Å². The van der Waals surface area contributed by atoms with Gasteiger partial charge >= 0.3 is 0 Å². The minimum atomic E-state index is -0.255. The molecule has 0 amide bonds. The Morgan fingerprint density at radius 2 is 1.88 bits per heavy atom. The zero-order chi connectivity index (χ0) is 12.3. The topological polar surface area (TPSA) is 9.23 Å². The van der Waals surface area contributed by atoms with Gasteiger partial charge in [-0.15, -0.1) is 0 Å². The van der Waals surface area contributed by atoms with Crippen molar-refractivity contribution in [3.05, 3.63) is 57.4 Å². The molecule has 4 heteroatoms. The number of hydrogen-bond donors (Lipinski definition) is 0. The van der Waals surface area contributed by atoms with Crippen LogP contribution in [0.25, 0.3) is 0 Å². The Hall–Kier alpha value is -0.620. The quantitative estimate of drug-likeness (QED) is 0.508. The lowest BCUT2D eigenvalue weighted by Gasteiger charge is -2.10. The number of alkyl halides is 1. The summed E-state index contributed by atoms with van der Waals surface area (Å²) in [6.07, 6.45) is 0. The van der Waals surface area contributed by atoms with E-state index in [0.717, 1.165) is 14.9 Å². The van der Waals surface area contributed by atoms with E-state index in [1.165, 1.54) is 12.1 Å². The average molecular weight is 407 g/mol. The first kappa shape index (κ1) is 12.8. The average Bonchev–Trinajstić information content (AvgIpc) is 2.34. The second-order valence-corrected chi connectivity index (χ2v) is 5.14. The Morgan fingerprint density at radius 3 is 2.59 bits per heavy atom. The van der Waals surface area contributed by atoms with E-state index in [9.17, 15) is 4.39 Å². The molecule has 0 fully saturated rings. The third kappa shape index (κ3) is 3.19. The molecule has 0 unspecified atom stereocenters. The van der Waals surface area contributed by atoms with Crippen LogP contribution >= 0.6 is 38.5 Å². The van der Waals surface area contributed by atoms with Crippen LogP contribution in [0, 0.1) is 9.39 Å². The van der Waals surface area contributed by atoms with Crippen molar-refractivity contribution in [2.45, 2.75) is 5.33 Å². The summed E-state index contributed by atoms with van der Waals surface area (Å²) in [4.78, 5) is 0. The van der Waals surface area contributed by atoms with Gasteiger partial charge < -0.3 is 4.74 Å². The molecule has 0 bridgehead atoms. The molecule has 2 aromatic carbocycles. The smallest absolute Gasteiger partial charge is 0.140 e. The second-order valence-electron chi connectivity index (χ2n) is 3.42. The van der Waals surface area contributed by atoms with Gasteiger partial charge in [0.2, 0.25) is 0 Å². The van der Waals surface area contributed by atoms with Crippen LogP contribution in [0.5, 0.6) is 11.5 Å². The molecule has 2 rings (SSSR count). The van der Waals surface area contributed by atoms with E-state index in [4.69, 9.17) is 4.74 Å². The molecule has 0 saturated heterocycles. The molecule has 0 aromatic heterocycles. The molecular weight excluding hydrogens is 398 g/mol. The van der Waals surface area contributed by atoms with Crippen molar-refractivity contribution in [1.82, 2.24) is 0 Å². The van der Waals surface area contributed by atoms with Gasteiger partial charge in [-0.3, -0.25) is 0 Å². The molecule has 0 aliphatic rings. The fourth-order valence-electron chi connectivity index (χ4n) is 1.40. The van der Waals surface area contributed by atoms with E-state index < -0.39 is 0 Å². The van der Waals surface area contributed by atoms with Gasteiger partial charge in [-0.05, 0) is 52.9 Å². The zero-order valence-corrected chi connectivity index (χ0v) is 12.5. The Kier molecular flexibility index (Phi) is 4.39. The van der Waals surface area contributed by atoms with Crippen molar-refractivity contribution in [1.29, 1.82) is 0 Å². The Labute approximate surface area is 121 Å². The van der Waals surface area contributed by atoms with E-state index in [1.54, 1.807) is 6.07 Å². The van der Waals surface area contributed by atoms with Crippen LogP contribution in [0.15, 0.2) is 42.5 Å². The summed E-state index contributed by atoms with van der Waals surface area (Å²) in [7, 11) is 0. The monoisotopic (exact) mass is 406 g/mol. The second kappa shape index (κ2) is 5.82. The highest BCUT2D eigenvalue weighted by atomic mass is 127. The van der Waals surface area contributed by atoms with E-state index in [-0.39, 0.29) is 5.82 Å². The van der Waals surface area contributed by atoms with Crippen molar-refractivity contribution in [3.63, 3.8) is 0 Å². The summed E-state index contributed by atoms with van der Waals surface area (Å²) in [6.45, 7) is 0. The van der Waals surface area contributed by atoms with Crippen molar-refractivity contribution >= 4 is 38.5 Å². The normalized spacial score (nSPS) is 10.3. The maximum atomic E-state index is 13.1. The molecule has 0 atom stereocenters. The molecule has 0 saturated carbocycles. The summed E-state index contributed by atoms with van der Waals surface area (Å²) in [5.41, 5.74) is 0.796. The van der Waals surface area contributed by atoms with Gasteiger partial charge in [0.15, 0.2) is 0 Å². The van der Waals surface area contributed by atoms with Gasteiger partial charge in [-0.1, -0.05) is 28.1 Å². The first-order valence-electron chi connectivity index (χ1n) is 4.97. The van der Waals surface area contributed by atoms with Gasteiger partial charge in [0, 0.05) is 10.9 Å².